The van der Waals surface area contributed by atoms with Crippen LogP contribution in [0.25, 0.3) is 11.3 Å². The second-order valence-electron chi connectivity index (χ2n) is 7.34. The number of alkyl halides is 2. The molecule has 2 aromatic carbocycles. The minimum atomic E-state index is -2.87. The summed E-state index contributed by atoms with van der Waals surface area (Å²) in [6.07, 6.45) is 1.21. The molecule has 3 aromatic rings. The lowest BCUT2D eigenvalue weighted by Gasteiger charge is -2.35. The summed E-state index contributed by atoms with van der Waals surface area (Å²) in [4.78, 5) is 18.9. The number of hydrogen-bond acceptors (Lipinski definition) is 5. The number of ether oxygens (including phenoxy) is 2. The van der Waals surface area contributed by atoms with Gasteiger partial charge in [0.05, 0.1) is 11.1 Å². The topological polar surface area (TPSA) is 60.5 Å². The quantitative estimate of drug-likeness (QED) is 0.553. The van der Waals surface area contributed by atoms with Gasteiger partial charge in [-0.05, 0) is 49.6 Å². The van der Waals surface area contributed by atoms with Crippen LogP contribution < -0.4 is 10.1 Å². The average molecular weight is 445 g/mol. The Hall–Kier alpha value is -2.84. The van der Waals surface area contributed by atoms with E-state index in [4.69, 9.17) is 4.74 Å². The van der Waals surface area contributed by atoms with Gasteiger partial charge in [0, 0.05) is 23.7 Å². The van der Waals surface area contributed by atoms with Gasteiger partial charge in [-0.2, -0.15) is 8.78 Å². The van der Waals surface area contributed by atoms with Crippen LogP contribution in [0, 0.1) is 6.92 Å². The largest absolute Gasteiger partial charge is 0.435 e. The Balaban J connectivity index is 1.56. The highest BCUT2D eigenvalue weighted by Gasteiger charge is 2.42. The van der Waals surface area contributed by atoms with Crippen LogP contribution in [0.15, 0.2) is 54.6 Å². The molecule has 4 rings (SSSR count). The average Bonchev–Trinajstić information content (AvgIpc) is 3.15. The number of halogens is 2. The Morgan fingerprint density at radius 2 is 1.81 bits per heavy atom. The molecule has 1 aromatic heterocycles. The summed E-state index contributed by atoms with van der Waals surface area (Å²) in [5.74, 6) is -0.00698. The van der Waals surface area contributed by atoms with Gasteiger partial charge in [-0.3, -0.25) is 4.79 Å². The van der Waals surface area contributed by atoms with E-state index < -0.39 is 12.0 Å². The molecular formula is C23H22F2N2O3S. The van der Waals surface area contributed by atoms with Gasteiger partial charge < -0.3 is 14.8 Å². The van der Waals surface area contributed by atoms with Gasteiger partial charge in [0.25, 0.3) is 0 Å². The minimum Gasteiger partial charge on any atom is -0.435 e. The van der Waals surface area contributed by atoms with Crippen molar-refractivity contribution in [2.75, 3.05) is 18.5 Å². The molecule has 0 radical (unpaired) electrons. The fraction of sp³-hybridized carbons (Fsp3) is 0.304. The molecule has 162 valence electrons. The molecule has 1 fully saturated rings. The number of aromatic nitrogens is 1. The third kappa shape index (κ3) is 4.60. The van der Waals surface area contributed by atoms with Crippen molar-refractivity contribution in [2.24, 2.45) is 0 Å². The lowest BCUT2D eigenvalue weighted by molar-refractivity contribution is -0.125. The maximum Gasteiger partial charge on any atom is 0.387 e. The molecule has 0 aliphatic carbocycles. The van der Waals surface area contributed by atoms with Crippen molar-refractivity contribution in [1.29, 1.82) is 0 Å². The first kappa shape index (κ1) is 21.4. The molecule has 1 aliphatic heterocycles. The standard InChI is InChI=1S/C23H22F2N2O3S/c1-15-19(16-7-9-18(10-8-16)30-21(24)25)26-22(31-15)27-20(28)23(11-13-29-14-12-23)17-5-3-2-4-6-17/h2-10,21H,11-14H2,1H3,(H,26,27,28). The van der Waals surface area contributed by atoms with E-state index >= 15 is 0 Å². The third-order valence-electron chi connectivity index (χ3n) is 5.48. The lowest BCUT2D eigenvalue weighted by Crippen LogP contribution is -2.44. The monoisotopic (exact) mass is 444 g/mol. The molecule has 0 bridgehead atoms. The molecule has 2 heterocycles. The smallest absolute Gasteiger partial charge is 0.387 e. The van der Waals surface area contributed by atoms with Crippen LogP contribution in [0.1, 0.15) is 23.3 Å². The van der Waals surface area contributed by atoms with Crippen molar-refractivity contribution >= 4 is 22.4 Å². The summed E-state index contributed by atoms with van der Waals surface area (Å²) in [5.41, 5.74) is 1.77. The van der Waals surface area contributed by atoms with E-state index in [0.717, 1.165) is 16.0 Å². The van der Waals surface area contributed by atoms with E-state index in [1.807, 2.05) is 37.3 Å². The van der Waals surface area contributed by atoms with Crippen LogP contribution in [-0.2, 0) is 14.9 Å². The summed E-state index contributed by atoms with van der Waals surface area (Å²) in [6, 6.07) is 16.1. The number of carbonyl (C=O) groups is 1. The number of nitrogens with one attached hydrogen (secondary N) is 1. The molecule has 0 spiro atoms. The zero-order valence-electron chi connectivity index (χ0n) is 16.9. The molecule has 0 saturated carbocycles. The summed E-state index contributed by atoms with van der Waals surface area (Å²) in [6.45, 7) is 0.0959. The second-order valence-corrected chi connectivity index (χ2v) is 8.54. The van der Waals surface area contributed by atoms with Crippen LogP contribution in [0.3, 0.4) is 0 Å². The van der Waals surface area contributed by atoms with Crippen LogP contribution >= 0.6 is 11.3 Å². The van der Waals surface area contributed by atoms with Crippen molar-refractivity contribution in [1.82, 2.24) is 4.98 Å². The van der Waals surface area contributed by atoms with E-state index in [0.29, 0.717) is 36.9 Å². The molecular weight excluding hydrogens is 422 g/mol. The molecule has 31 heavy (non-hydrogen) atoms. The molecule has 1 aliphatic rings. The number of carbonyl (C=O) groups excluding carboxylic acids is 1. The summed E-state index contributed by atoms with van der Waals surface area (Å²) in [7, 11) is 0. The Labute approximate surface area is 183 Å². The first-order chi connectivity index (χ1) is 15.0. The Kier molecular flexibility index (Phi) is 6.29. The number of nitrogens with zero attached hydrogens (tertiary/aromatic N) is 1. The van der Waals surface area contributed by atoms with Crippen LogP contribution in [-0.4, -0.2) is 30.7 Å². The van der Waals surface area contributed by atoms with Crippen LogP contribution in [0.5, 0.6) is 5.75 Å². The van der Waals surface area contributed by atoms with Gasteiger partial charge in [0.2, 0.25) is 5.91 Å². The highest BCUT2D eigenvalue weighted by Crippen LogP contribution is 2.37. The summed E-state index contributed by atoms with van der Waals surface area (Å²) < 4.78 is 34.6. The predicted octanol–water partition coefficient (Wildman–Crippen LogP) is 5.41. The van der Waals surface area contributed by atoms with E-state index in [1.54, 1.807) is 12.1 Å². The highest BCUT2D eigenvalue weighted by molar-refractivity contribution is 7.16. The number of amides is 1. The zero-order valence-corrected chi connectivity index (χ0v) is 17.8. The Bertz CT molecular complexity index is 1030. The summed E-state index contributed by atoms with van der Waals surface area (Å²) in [5, 5.41) is 3.52. The van der Waals surface area contributed by atoms with E-state index in [9.17, 15) is 13.6 Å². The molecule has 1 N–H and O–H groups in total. The molecule has 1 amide bonds. The molecule has 1 saturated heterocycles. The van der Waals surface area contributed by atoms with Crippen molar-refractivity contribution in [3.05, 3.63) is 65.0 Å². The van der Waals surface area contributed by atoms with Crippen molar-refractivity contribution in [3.63, 3.8) is 0 Å². The number of rotatable bonds is 6. The Morgan fingerprint density at radius 3 is 2.45 bits per heavy atom. The van der Waals surface area contributed by atoms with Gasteiger partial charge in [0.1, 0.15) is 5.75 Å². The van der Waals surface area contributed by atoms with E-state index in [2.05, 4.69) is 15.0 Å². The Morgan fingerprint density at radius 1 is 1.13 bits per heavy atom. The predicted molar refractivity (Wildman–Crippen MR) is 116 cm³/mol. The number of thiazole rings is 1. The van der Waals surface area contributed by atoms with Gasteiger partial charge in [-0.25, -0.2) is 4.98 Å². The zero-order chi connectivity index (χ0) is 21.8. The normalized spacial score (nSPS) is 15.6. The van der Waals surface area contributed by atoms with Gasteiger partial charge >= 0.3 is 6.61 Å². The third-order valence-corrected chi connectivity index (χ3v) is 6.36. The SMILES string of the molecule is Cc1sc(NC(=O)C2(c3ccccc3)CCOCC2)nc1-c1ccc(OC(F)F)cc1. The number of anilines is 1. The number of aryl methyl sites for hydroxylation is 1. The van der Waals surface area contributed by atoms with E-state index in [1.165, 1.54) is 23.5 Å². The second kappa shape index (κ2) is 9.11. The first-order valence-electron chi connectivity index (χ1n) is 9.95. The van der Waals surface area contributed by atoms with Gasteiger partial charge in [-0.15, -0.1) is 11.3 Å². The summed E-state index contributed by atoms with van der Waals surface area (Å²) >= 11 is 1.38. The van der Waals surface area contributed by atoms with Crippen molar-refractivity contribution < 1.29 is 23.0 Å². The van der Waals surface area contributed by atoms with E-state index in [-0.39, 0.29) is 11.7 Å². The molecule has 0 atom stereocenters. The fourth-order valence-corrected chi connectivity index (χ4v) is 4.68. The maximum absolute atomic E-state index is 13.4. The van der Waals surface area contributed by atoms with Crippen molar-refractivity contribution in [2.45, 2.75) is 31.8 Å². The maximum atomic E-state index is 13.4. The van der Waals surface area contributed by atoms with Gasteiger partial charge in [0.15, 0.2) is 5.13 Å². The molecule has 8 heteroatoms. The van der Waals surface area contributed by atoms with Crippen LogP contribution in [0.2, 0.25) is 0 Å². The van der Waals surface area contributed by atoms with Crippen LogP contribution in [0.4, 0.5) is 13.9 Å². The molecule has 0 unspecified atom stereocenters. The fourth-order valence-electron chi connectivity index (χ4n) is 3.85. The lowest BCUT2D eigenvalue weighted by atomic mass is 9.73. The van der Waals surface area contributed by atoms with Crippen molar-refractivity contribution in [3.8, 4) is 17.0 Å². The minimum absolute atomic E-state index is 0.0875. The number of hydrogen-bond donors (Lipinski definition) is 1. The van der Waals surface area contributed by atoms with Gasteiger partial charge in [-0.1, -0.05) is 30.3 Å². The highest BCUT2D eigenvalue weighted by atomic mass is 32.1. The molecule has 5 nitrogen and oxygen atoms in total. The number of benzene rings is 2. The first-order valence-corrected chi connectivity index (χ1v) is 10.8.